The maximum atomic E-state index is 12.1. The number of halogens is 1. The molecule has 19 heavy (non-hydrogen) atoms. The van der Waals surface area contributed by atoms with Gasteiger partial charge in [0, 0.05) is 18.0 Å². The first-order valence-electron chi connectivity index (χ1n) is 6.77. The van der Waals surface area contributed by atoms with E-state index in [-0.39, 0.29) is 11.3 Å². The largest absolute Gasteiger partial charge is 0.352 e. The molecule has 0 aliphatic carbocycles. The molecule has 0 heterocycles. The minimum atomic E-state index is 0.00190. The van der Waals surface area contributed by atoms with Crippen LogP contribution in [0, 0.1) is 19.3 Å². The second-order valence-corrected chi connectivity index (χ2v) is 6.32. The molecule has 0 aliphatic heterocycles. The summed E-state index contributed by atoms with van der Waals surface area (Å²) in [5.74, 6) is 0.677. The van der Waals surface area contributed by atoms with Gasteiger partial charge >= 0.3 is 0 Å². The Morgan fingerprint density at radius 2 is 1.95 bits per heavy atom. The molecule has 1 amide bonds. The van der Waals surface area contributed by atoms with Crippen molar-refractivity contribution in [2.24, 2.45) is 5.41 Å². The van der Waals surface area contributed by atoms with E-state index in [9.17, 15) is 4.79 Å². The van der Waals surface area contributed by atoms with Crippen molar-refractivity contribution in [2.75, 3.05) is 12.4 Å². The van der Waals surface area contributed by atoms with Gasteiger partial charge in [-0.25, -0.2) is 0 Å². The number of alkyl halides is 1. The predicted octanol–water partition coefficient (Wildman–Crippen LogP) is 4.08. The van der Waals surface area contributed by atoms with Crippen molar-refractivity contribution >= 4 is 17.5 Å². The van der Waals surface area contributed by atoms with Crippen LogP contribution in [0.4, 0.5) is 0 Å². The van der Waals surface area contributed by atoms with Gasteiger partial charge in [-0.05, 0) is 55.4 Å². The highest BCUT2D eigenvalue weighted by Gasteiger charge is 2.18. The number of carbonyl (C=O) groups is 1. The summed E-state index contributed by atoms with van der Waals surface area (Å²) in [6.07, 6.45) is 2.00. The van der Waals surface area contributed by atoms with E-state index in [0.717, 1.165) is 24.0 Å². The van der Waals surface area contributed by atoms with E-state index in [1.165, 1.54) is 5.56 Å². The van der Waals surface area contributed by atoms with Gasteiger partial charge in [0.2, 0.25) is 0 Å². The van der Waals surface area contributed by atoms with Gasteiger partial charge in [-0.2, -0.15) is 0 Å². The summed E-state index contributed by atoms with van der Waals surface area (Å²) in [5, 5.41) is 3.01. The van der Waals surface area contributed by atoms with Gasteiger partial charge in [-0.3, -0.25) is 4.79 Å². The summed E-state index contributed by atoms with van der Waals surface area (Å²) in [6, 6.07) is 5.81. The standard InChI is InChI=1S/C16H24ClNO/c1-12-6-7-14(10-13(12)2)15(19)18-11-16(3,4)8-5-9-17/h6-7,10H,5,8-9,11H2,1-4H3,(H,18,19). The van der Waals surface area contributed by atoms with Crippen LogP contribution >= 0.6 is 11.6 Å². The van der Waals surface area contributed by atoms with Crippen molar-refractivity contribution in [3.05, 3.63) is 34.9 Å². The smallest absolute Gasteiger partial charge is 0.251 e. The molecule has 1 N–H and O–H groups in total. The van der Waals surface area contributed by atoms with Crippen molar-refractivity contribution in [1.29, 1.82) is 0 Å². The lowest BCUT2D eigenvalue weighted by Gasteiger charge is -2.24. The van der Waals surface area contributed by atoms with E-state index < -0.39 is 0 Å². The highest BCUT2D eigenvalue weighted by Crippen LogP contribution is 2.21. The lowest BCUT2D eigenvalue weighted by molar-refractivity contribution is 0.0934. The van der Waals surface area contributed by atoms with Crippen LogP contribution in [-0.2, 0) is 0 Å². The van der Waals surface area contributed by atoms with E-state index in [1.54, 1.807) is 0 Å². The van der Waals surface area contributed by atoms with Crippen LogP contribution in [0.3, 0.4) is 0 Å². The Morgan fingerprint density at radius 1 is 1.26 bits per heavy atom. The molecule has 1 aromatic rings. The molecule has 1 aromatic carbocycles. The molecular weight excluding hydrogens is 258 g/mol. The number of hydrogen-bond donors (Lipinski definition) is 1. The summed E-state index contributed by atoms with van der Waals surface area (Å²) < 4.78 is 0. The van der Waals surface area contributed by atoms with E-state index in [4.69, 9.17) is 11.6 Å². The molecular formula is C16H24ClNO. The van der Waals surface area contributed by atoms with Crippen molar-refractivity contribution < 1.29 is 4.79 Å². The van der Waals surface area contributed by atoms with E-state index >= 15 is 0 Å². The monoisotopic (exact) mass is 281 g/mol. The highest BCUT2D eigenvalue weighted by atomic mass is 35.5. The molecule has 0 radical (unpaired) electrons. The molecule has 0 saturated carbocycles. The van der Waals surface area contributed by atoms with Crippen LogP contribution in [0.2, 0.25) is 0 Å². The maximum absolute atomic E-state index is 12.1. The van der Waals surface area contributed by atoms with Crippen LogP contribution in [0.1, 0.15) is 48.2 Å². The fourth-order valence-electron chi connectivity index (χ4n) is 1.94. The Kier molecular flexibility index (Phi) is 5.86. The number of nitrogens with one attached hydrogen (secondary N) is 1. The van der Waals surface area contributed by atoms with Gasteiger partial charge in [0.1, 0.15) is 0 Å². The zero-order valence-electron chi connectivity index (χ0n) is 12.3. The van der Waals surface area contributed by atoms with Crippen molar-refractivity contribution in [3.63, 3.8) is 0 Å². The van der Waals surface area contributed by atoms with Gasteiger partial charge in [-0.1, -0.05) is 19.9 Å². The zero-order chi connectivity index (χ0) is 14.5. The van der Waals surface area contributed by atoms with Crippen molar-refractivity contribution in [1.82, 2.24) is 5.32 Å². The SMILES string of the molecule is Cc1ccc(C(=O)NCC(C)(C)CCCCl)cc1C. The fraction of sp³-hybridized carbons (Fsp3) is 0.562. The van der Waals surface area contributed by atoms with Crippen LogP contribution < -0.4 is 5.32 Å². The van der Waals surface area contributed by atoms with Crippen LogP contribution in [0.5, 0.6) is 0 Å². The molecule has 0 saturated heterocycles. The molecule has 0 aromatic heterocycles. The average molecular weight is 282 g/mol. The summed E-state index contributed by atoms with van der Waals surface area (Å²) in [6.45, 7) is 9.05. The first kappa shape index (κ1) is 16.0. The second-order valence-electron chi connectivity index (χ2n) is 5.94. The molecule has 0 atom stereocenters. The topological polar surface area (TPSA) is 29.1 Å². The summed E-state index contributed by atoms with van der Waals surface area (Å²) >= 11 is 5.71. The minimum absolute atomic E-state index is 0.00190. The summed E-state index contributed by atoms with van der Waals surface area (Å²) in [4.78, 5) is 12.1. The Morgan fingerprint density at radius 3 is 2.53 bits per heavy atom. The summed E-state index contributed by atoms with van der Waals surface area (Å²) in [5.41, 5.74) is 3.17. The van der Waals surface area contributed by atoms with Crippen LogP contribution in [0.25, 0.3) is 0 Å². The molecule has 106 valence electrons. The Hall–Kier alpha value is -1.02. The lowest BCUT2D eigenvalue weighted by Crippen LogP contribution is -2.34. The van der Waals surface area contributed by atoms with Crippen molar-refractivity contribution in [3.8, 4) is 0 Å². The van der Waals surface area contributed by atoms with Crippen molar-refractivity contribution in [2.45, 2.75) is 40.5 Å². The van der Waals surface area contributed by atoms with Gasteiger partial charge in [0.05, 0.1) is 0 Å². The zero-order valence-corrected chi connectivity index (χ0v) is 13.1. The average Bonchev–Trinajstić information content (AvgIpc) is 2.37. The maximum Gasteiger partial charge on any atom is 0.251 e. The number of rotatable bonds is 6. The first-order chi connectivity index (χ1) is 8.85. The number of aryl methyl sites for hydroxylation is 2. The predicted molar refractivity (Wildman–Crippen MR) is 82.0 cm³/mol. The van der Waals surface area contributed by atoms with Crippen LogP contribution in [0.15, 0.2) is 18.2 Å². The number of carbonyl (C=O) groups excluding carboxylic acids is 1. The fourth-order valence-corrected chi connectivity index (χ4v) is 2.07. The molecule has 0 aliphatic rings. The molecule has 2 nitrogen and oxygen atoms in total. The molecule has 0 bridgehead atoms. The third-order valence-electron chi connectivity index (χ3n) is 3.48. The minimum Gasteiger partial charge on any atom is -0.352 e. The van der Waals surface area contributed by atoms with Gasteiger partial charge in [0.25, 0.3) is 5.91 Å². The van der Waals surface area contributed by atoms with Gasteiger partial charge < -0.3 is 5.32 Å². The quantitative estimate of drug-likeness (QED) is 0.782. The van der Waals surface area contributed by atoms with Gasteiger partial charge in [0.15, 0.2) is 0 Å². The van der Waals surface area contributed by atoms with E-state index in [1.807, 2.05) is 32.0 Å². The Bertz CT molecular complexity index is 440. The summed E-state index contributed by atoms with van der Waals surface area (Å²) in [7, 11) is 0. The lowest BCUT2D eigenvalue weighted by atomic mass is 9.88. The number of hydrogen-bond acceptors (Lipinski definition) is 1. The molecule has 0 spiro atoms. The number of benzene rings is 1. The molecule has 3 heteroatoms. The Labute approximate surface area is 121 Å². The molecule has 0 unspecified atom stereocenters. The third kappa shape index (κ3) is 5.23. The van der Waals surface area contributed by atoms with Crippen LogP contribution in [-0.4, -0.2) is 18.3 Å². The normalized spacial score (nSPS) is 11.4. The molecule has 0 fully saturated rings. The highest BCUT2D eigenvalue weighted by molar-refractivity contribution is 6.17. The first-order valence-corrected chi connectivity index (χ1v) is 7.30. The Balaban J connectivity index is 2.57. The third-order valence-corrected chi connectivity index (χ3v) is 3.75. The number of amides is 1. The molecule has 1 rings (SSSR count). The van der Waals surface area contributed by atoms with E-state index in [0.29, 0.717) is 12.4 Å². The van der Waals surface area contributed by atoms with E-state index in [2.05, 4.69) is 19.2 Å². The second kappa shape index (κ2) is 6.95. The van der Waals surface area contributed by atoms with Gasteiger partial charge in [-0.15, -0.1) is 11.6 Å².